The van der Waals surface area contributed by atoms with Crippen molar-refractivity contribution in [3.63, 3.8) is 0 Å². The van der Waals surface area contributed by atoms with Gasteiger partial charge in [-0.15, -0.1) is 11.3 Å². The lowest BCUT2D eigenvalue weighted by molar-refractivity contribution is -0.117. The third-order valence-corrected chi connectivity index (χ3v) is 4.71. The lowest BCUT2D eigenvalue weighted by Gasteiger charge is -2.15. The van der Waals surface area contributed by atoms with E-state index in [1.807, 2.05) is 11.4 Å². The molecule has 7 heteroatoms. The summed E-state index contributed by atoms with van der Waals surface area (Å²) < 4.78 is 25.2. The van der Waals surface area contributed by atoms with Crippen LogP contribution in [0.25, 0.3) is 0 Å². The van der Waals surface area contributed by atoms with Crippen molar-refractivity contribution in [1.82, 2.24) is 4.98 Å². The number of rotatable bonds is 8. The van der Waals surface area contributed by atoms with Crippen molar-refractivity contribution in [2.45, 2.75) is 12.8 Å². The van der Waals surface area contributed by atoms with Gasteiger partial charge in [-0.3, -0.25) is 4.79 Å². The molecule has 140 valence electrons. The normalized spacial score (nSPS) is 10.5. The summed E-state index contributed by atoms with van der Waals surface area (Å²) in [5, 5.41) is 5.64. The van der Waals surface area contributed by atoms with Crippen LogP contribution >= 0.6 is 11.3 Å². The van der Waals surface area contributed by atoms with E-state index in [-0.39, 0.29) is 30.1 Å². The predicted octanol–water partition coefficient (Wildman–Crippen LogP) is 4.48. The molecule has 0 fully saturated rings. The fraction of sp³-hybridized carbons (Fsp3) is 0.200. The molecule has 0 atom stereocenters. The molecule has 3 aromatic rings. The van der Waals surface area contributed by atoms with Gasteiger partial charge in [-0.25, -0.2) is 9.37 Å². The van der Waals surface area contributed by atoms with Crippen molar-refractivity contribution in [3.05, 3.63) is 64.4 Å². The van der Waals surface area contributed by atoms with Crippen LogP contribution in [0.15, 0.2) is 48.0 Å². The zero-order chi connectivity index (χ0) is 19.2. The molecule has 0 aliphatic rings. The minimum absolute atomic E-state index is 0.00329. The maximum atomic E-state index is 14.2. The lowest BCUT2D eigenvalue weighted by atomic mass is 10.0. The Labute approximate surface area is 160 Å². The molecule has 5 nitrogen and oxygen atoms in total. The molecular formula is C20H19FN2O3S. The number of ketones is 1. The standard InChI is InChI=1S/C20H19FN2O3S/c1-22-14-6-7-17(26-20-16(21)4-3-5-18(20)25-2)13(10-14)11-15(24)12-19-23-8-9-27-19/h3-10,22H,11-12H2,1-2H3. The van der Waals surface area contributed by atoms with E-state index in [0.717, 1.165) is 10.7 Å². The van der Waals surface area contributed by atoms with Crippen LogP contribution in [0, 0.1) is 5.82 Å². The number of methoxy groups -OCH3 is 1. The number of nitrogens with one attached hydrogen (secondary N) is 1. The van der Waals surface area contributed by atoms with E-state index in [4.69, 9.17) is 9.47 Å². The van der Waals surface area contributed by atoms with Crippen molar-refractivity contribution >= 4 is 22.8 Å². The number of aromatic nitrogens is 1. The van der Waals surface area contributed by atoms with Gasteiger partial charge in [0.15, 0.2) is 11.6 Å². The summed E-state index contributed by atoms with van der Waals surface area (Å²) in [4.78, 5) is 16.6. The van der Waals surface area contributed by atoms with Crippen molar-refractivity contribution < 1.29 is 18.7 Å². The minimum Gasteiger partial charge on any atom is -0.493 e. The first-order valence-electron chi connectivity index (χ1n) is 8.31. The summed E-state index contributed by atoms with van der Waals surface area (Å²) in [5.41, 5.74) is 1.49. The van der Waals surface area contributed by atoms with Gasteiger partial charge in [0, 0.05) is 36.3 Å². The molecule has 1 heterocycles. The number of hydrogen-bond acceptors (Lipinski definition) is 6. The molecule has 0 aliphatic heterocycles. The Morgan fingerprint density at radius 3 is 2.78 bits per heavy atom. The third kappa shape index (κ3) is 4.62. The first-order valence-corrected chi connectivity index (χ1v) is 9.19. The highest BCUT2D eigenvalue weighted by molar-refractivity contribution is 7.09. The molecule has 2 aromatic carbocycles. The molecule has 0 aliphatic carbocycles. The van der Waals surface area contributed by atoms with Crippen LogP contribution in [0.4, 0.5) is 10.1 Å². The molecule has 0 bridgehead atoms. The molecular weight excluding hydrogens is 367 g/mol. The van der Waals surface area contributed by atoms with Crippen LogP contribution < -0.4 is 14.8 Å². The molecule has 0 spiro atoms. The molecule has 0 saturated heterocycles. The number of anilines is 1. The average Bonchev–Trinajstić information content (AvgIpc) is 3.17. The SMILES string of the molecule is CNc1ccc(Oc2c(F)cccc2OC)c(CC(=O)Cc2nccs2)c1. The number of para-hydroxylation sites is 1. The Kier molecular flexibility index (Phi) is 6.03. The number of carbonyl (C=O) groups is 1. The molecule has 1 N–H and O–H groups in total. The van der Waals surface area contributed by atoms with Crippen LogP contribution in [0.2, 0.25) is 0 Å². The smallest absolute Gasteiger partial charge is 0.204 e. The largest absolute Gasteiger partial charge is 0.493 e. The first kappa shape index (κ1) is 18.8. The van der Waals surface area contributed by atoms with Gasteiger partial charge in [0.05, 0.1) is 18.5 Å². The Hall–Kier alpha value is -2.93. The summed E-state index contributed by atoms with van der Waals surface area (Å²) >= 11 is 1.44. The van der Waals surface area contributed by atoms with Crippen molar-refractivity contribution in [2.75, 3.05) is 19.5 Å². The summed E-state index contributed by atoms with van der Waals surface area (Å²) in [7, 11) is 3.24. The highest BCUT2D eigenvalue weighted by Crippen LogP contribution is 2.36. The Morgan fingerprint density at radius 1 is 1.22 bits per heavy atom. The van der Waals surface area contributed by atoms with E-state index in [1.165, 1.54) is 24.5 Å². The summed E-state index contributed by atoms with van der Waals surface area (Å²) in [6.07, 6.45) is 2.08. The molecule has 0 radical (unpaired) electrons. The average molecular weight is 386 g/mol. The fourth-order valence-corrected chi connectivity index (χ4v) is 3.26. The second-order valence-corrected chi connectivity index (χ2v) is 6.74. The van der Waals surface area contributed by atoms with E-state index >= 15 is 0 Å². The number of ether oxygens (including phenoxy) is 2. The minimum atomic E-state index is -0.535. The third-order valence-electron chi connectivity index (χ3n) is 3.93. The zero-order valence-electron chi connectivity index (χ0n) is 15.0. The zero-order valence-corrected chi connectivity index (χ0v) is 15.8. The van der Waals surface area contributed by atoms with Crippen LogP contribution in [0.3, 0.4) is 0 Å². The second-order valence-electron chi connectivity index (χ2n) is 5.76. The Balaban J connectivity index is 1.88. The van der Waals surface area contributed by atoms with Crippen molar-refractivity contribution in [3.8, 4) is 17.2 Å². The van der Waals surface area contributed by atoms with Gasteiger partial charge < -0.3 is 14.8 Å². The number of hydrogen-bond donors (Lipinski definition) is 1. The molecule has 1 aromatic heterocycles. The van der Waals surface area contributed by atoms with Gasteiger partial charge in [-0.05, 0) is 30.3 Å². The van der Waals surface area contributed by atoms with Crippen LogP contribution in [-0.4, -0.2) is 24.9 Å². The van der Waals surface area contributed by atoms with E-state index in [2.05, 4.69) is 10.3 Å². The number of halogens is 1. The number of carbonyl (C=O) groups excluding carboxylic acids is 1. The van der Waals surface area contributed by atoms with Crippen molar-refractivity contribution in [1.29, 1.82) is 0 Å². The fourth-order valence-electron chi connectivity index (χ4n) is 2.62. The lowest BCUT2D eigenvalue weighted by Crippen LogP contribution is -2.08. The van der Waals surface area contributed by atoms with Gasteiger partial charge in [-0.1, -0.05) is 6.07 Å². The van der Waals surface area contributed by atoms with Gasteiger partial charge in [0.1, 0.15) is 11.5 Å². The maximum Gasteiger partial charge on any atom is 0.204 e. The Morgan fingerprint density at radius 2 is 2.07 bits per heavy atom. The molecule has 0 amide bonds. The van der Waals surface area contributed by atoms with Crippen LogP contribution in [0.5, 0.6) is 17.2 Å². The van der Waals surface area contributed by atoms with E-state index in [0.29, 0.717) is 11.3 Å². The first-order chi connectivity index (χ1) is 13.1. The monoisotopic (exact) mass is 386 g/mol. The summed E-state index contributed by atoms with van der Waals surface area (Å²) in [5.74, 6) is 0.152. The number of thiazole rings is 1. The van der Waals surface area contributed by atoms with Gasteiger partial charge in [0.25, 0.3) is 0 Å². The number of Topliss-reactive ketones (excluding diaryl/α,β-unsaturated/α-hetero) is 1. The second kappa shape index (κ2) is 8.64. The number of nitrogens with zero attached hydrogens (tertiary/aromatic N) is 1. The molecule has 0 unspecified atom stereocenters. The summed E-state index contributed by atoms with van der Waals surface area (Å²) in [6, 6.07) is 9.80. The quantitative estimate of drug-likeness (QED) is 0.619. The van der Waals surface area contributed by atoms with Gasteiger partial charge in [-0.2, -0.15) is 0 Å². The highest BCUT2D eigenvalue weighted by atomic mass is 32.1. The van der Waals surface area contributed by atoms with Gasteiger partial charge >= 0.3 is 0 Å². The van der Waals surface area contributed by atoms with Gasteiger partial charge in [0.2, 0.25) is 5.75 Å². The van der Waals surface area contributed by atoms with Crippen LogP contribution in [-0.2, 0) is 17.6 Å². The molecule has 3 rings (SSSR count). The van der Waals surface area contributed by atoms with E-state index in [9.17, 15) is 9.18 Å². The topological polar surface area (TPSA) is 60.5 Å². The molecule has 27 heavy (non-hydrogen) atoms. The van der Waals surface area contributed by atoms with Crippen molar-refractivity contribution in [2.24, 2.45) is 0 Å². The maximum absolute atomic E-state index is 14.2. The van der Waals surface area contributed by atoms with E-state index < -0.39 is 5.82 Å². The predicted molar refractivity (Wildman–Crippen MR) is 104 cm³/mol. The molecule has 0 saturated carbocycles. The van der Waals surface area contributed by atoms with Crippen LogP contribution in [0.1, 0.15) is 10.6 Å². The Bertz CT molecular complexity index is 929. The number of benzene rings is 2. The highest BCUT2D eigenvalue weighted by Gasteiger charge is 2.16. The summed E-state index contributed by atoms with van der Waals surface area (Å²) in [6.45, 7) is 0. The van der Waals surface area contributed by atoms with E-state index in [1.54, 1.807) is 37.5 Å².